The average molecular weight is 243 g/mol. The van der Waals surface area contributed by atoms with E-state index in [9.17, 15) is 4.79 Å². The third-order valence-electron chi connectivity index (χ3n) is 3.10. The molecule has 0 spiro atoms. The summed E-state index contributed by atoms with van der Waals surface area (Å²) in [7, 11) is 0. The van der Waals surface area contributed by atoms with Gasteiger partial charge < -0.3 is 15.5 Å². The lowest BCUT2D eigenvalue weighted by atomic mass is 9.96. The molecule has 1 heterocycles. The second-order valence-electron chi connectivity index (χ2n) is 4.45. The summed E-state index contributed by atoms with van der Waals surface area (Å²) in [5, 5.41) is 3.13. The van der Waals surface area contributed by atoms with Crippen LogP contribution in [0.3, 0.4) is 0 Å². The van der Waals surface area contributed by atoms with Gasteiger partial charge in [0.15, 0.2) is 11.0 Å². The van der Waals surface area contributed by atoms with Gasteiger partial charge in [-0.15, -0.1) is 0 Å². The predicted octanol–water partition coefficient (Wildman–Crippen LogP) is 1.79. The molecule has 0 aliphatic heterocycles. The summed E-state index contributed by atoms with van der Waals surface area (Å²) >= 11 is 5.61. The first-order valence-electron chi connectivity index (χ1n) is 5.33. The molecule has 88 valence electrons. The minimum Gasteiger partial charge on any atom is -0.440 e. The minimum atomic E-state index is -0.337. The number of nitrogens with one attached hydrogen (secondary N) is 1. The van der Waals surface area contributed by atoms with Crippen molar-refractivity contribution >= 4 is 17.5 Å². The molecule has 1 aliphatic carbocycles. The summed E-state index contributed by atoms with van der Waals surface area (Å²) in [4.78, 5) is 11.8. The van der Waals surface area contributed by atoms with Crippen molar-refractivity contribution in [2.24, 2.45) is 11.7 Å². The van der Waals surface area contributed by atoms with E-state index in [-0.39, 0.29) is 22.4 Å². The van der Waals surface area contributed by atoms with E-state index in [0.29, 0.717) is 12.5 Å². The van der Waals surface area contributed by atoms with Gasteiger partial charge in [-0.1, -0.05) is 0 Å². The molecule has 0 aromatic carbocycles. The van der Waals surface area contributed by atoms with Crippen molar-refractivity contribution in [3.63, 3.8) is 0 Å². The van der Waals surface area contributed by atoms with Crippen LogP contribution in [0.25, 0.3) is 0 Å². The third kappa shape index (κ3) is 2.23. The smallest absolute Gasteiger partial charge is 0.287 e. The molecule has 1 amide bonds. The van der Waals surface area contributed by atoms with Gasteiger partial charge in [-0.05, 0) is 49.4 Å². The molecule has 0 saturated heterocycles. The predicted molar refractivity (Wildman–Crippen MR) is 61.4 cm³/mol. The van der Waals surface area contributed by atoms with Gasteiger partial charge in [-0.2, -0.15) is 0 Å². The fourth-order valence-electron chi connectivity index (χ4n) is 1.80. The van der Waals surface area contributed by atoms with Crippen molar-refractivity contribution < 1.29 is 9.21 Å². The first-order chi connectivity index (χ1) is 7.55. The number of hydrogen-bond acceptors (Lipinski definition) is 3. The van der Waals surface area contributed by atoms with Crippen LogP contribution >= 0.6 is 11.6 Å². The van der Waals surface area contributed by atoms with Crippen molar-refractivity contribution in [1.82, 2.24) is 5.32 Å². The van der Waals surface area contributed by atoms with Crippen molar-refractivity contribution in [3.8, 4) is 0 Å². The molecule has 16 heavy (non-hydrogen) atoms. The van der Waals surface area contributed by atoms with Gasteiger partial charge in [0.05, 0.1) is 5.54 Å². The molecule has 1 fully saturated rings. The number of amides is 1. The Kier molecular flexibility index (Phi) is 2.95. The van der Waals surface area contributed by atoms with Crippen LogP contribution in [0.5, 0.6) is 0 Å². The van der Waals surface area contributed by atoms with Crippen LogP contribution in [0, 0.1) is 5.92 Å². The van der Waals surface area contributed by atoms with E-state index in [1.54, 1.807) is 12.1 Å². The van der Waals surface area contributed by atoms with Gasteiger partial charge in [0.25, 0.3) is 5.91 Å². The zero-order valence-electron chi connectivity index (χ0n) is 9.13. The van der Waals surface area contributed by atoms with E-state index in [0.717, 1.165) is 12.8 Å². The first-order valence-corrected chi connectivity index (χ1v) is 5.71. The minimum absolute atomic E-state index is 0.214. The number of carbonyl (C=O) groups is 1. The molecule has 1 saturated carbocycles. The highest BCUT2D eigenvalue weighted by molar-refractivity contribution is 6.29. The normalized spacial score (nSPS) is 19.2. The molecular formula is C11H15ClN2O2. The fourth-order valence-corrected chi connectivity index (χ4v) is 1.94. The van der Waals surface area contributed by atoms with Crippen LogP contribution in [0.1, 0.15) is 30.3 Å². The van der Waals surface area contributed by atoms with Crippen LogP contribution in [0.15, 0.2) is 16.5 Å². The number of halogens is 1. The Morgan fingerprint density at radius 2 is 2.38 bits per heavy atom. The van der Waals surface area contributed by atoms with Crippen LogP contribution in [-0.2, 0) is 0 Å². The Morgan fingerprint density at radius 3 is 2.81 bits per heavy atom. The van der Waals surface area contributed by atoms with Crippen LogP contribution in [0.2, 0.25) is 5.22 Å². The molecule has 1 atom stereocenters. The molecule has 5 heteroatoms. The standard InChI is InChI=1S/C11H15ClN2O2/c1-11(6-13,7-2-3-7)14-10(15)8-4-5-9(12)16-8/h4-5,7H,2-3,6,13H2,1H3,(H,14,15). The fraction of sp³-hybridized carbons (Fsp3) is 0.545. The number of carbonyl (C=O) groups excluding carboxylic acids is 1. The van der Waals surface area contributed by atoms with E-state index in [4.69, 9.17) is 21.8 Å². The molecule has 2 rings (SSSR count). The van der Waals surface area contributed by atoms with E-state index in [2.05, 4.69) is 5.32 Å². The number of furan rings is 1. The summed E-state index contributed by atoms with van der Waals surface area (Å²) in [5.41, 5.74) is 5.37. The molecule has 0 bridgehead atoms. The van der Waals surface area contributed by atoms with Crippen molar-refractivity contribution in [2.45, 2.75) is 25.3 Å². The maximum absolute atomic E-state index is 11.8. The quantitative estimate of drug-likeness (QED) is 0.846. The second-order valence-corrected chi connectivity index (χ2v) is 4.83. The Hall–Kier alpha value is -1.00. The molecule has 1 aliphatic rings. The Morgan fingerprint density at radius 1 is 1.69 bits per heavy atom. The Labute approximate surface area is 99.1 Å². The Bertz CT molecular complexity index is 400. The zero-order chi connectivity index (χ0) is 11.8. The lowest BCUT2D eigenvalue weighted by Crippen LogP contribution is -2.53. The summed E-state index contributed by atoms with van der Waals surface area (Å²) < 4.78 is 5.05. The molecule has 1 aromatic heterocycles. The monoisotopic (exact) mass is 242 g/mol. The molecule has 0 radical (unpaired) electrons. The van der Waals surface area contributed by atoms with E-state index >= 15 is 0 Å². The van der Waals surface area contributed by atoms with Crippen molar-refractivity contribution in [2.75, 3.05) is 6.54 Å². The molecule has 1 aromatic rings. The number of nitrogens with two attached hydrogens (primary N) is 1. The van der Waals surface area contributed by atoms with Gasteiger partial charge >= 0.3 is 0 Å². The first kappa shape index (κ1) is 11.5. The summed E-state index contributed by atoms with van der Waals surface area (Å²) in [6.45, 7) is 2.39. The van der Waals surface area contributed by atoms with Gasteiger partial charge in [0.1, 0.15) is 0 Å². The van der Waals surface area contributed by atoms with Crippen molar-refractivity contribution in [3.05, 3.63) is 23.1 Å². The van der Waals surface area contributed by atoms with E-state index in [1.807, 2.05) is 6.92 Å². The maximum atomic E-state index is 11.8. The molecule has 1 unspecified atom stereocenters. The van der Waals surface area contributed by atoms with E-state index < -0.39 is 0 Å². The zero-order valence-corrected chi connectivity index (χ0v) is 9.88. The van der Waals surface area contributed by atoms with Gasteiger partial charge in [-0.25, -0.2) is 0 Å². The molecular weight excluding hydrogens is 228 g/mol. The maximum Gasteiger partial charge on any atom is 0.287 e. The average Bonchev–Trinajstić information content (AvgIpc) is 3.02. The summed E-state index contributed by atoms with van der Waals surface area (Å²) in [5.74, 6) is 0.448. The number of rotatable bonds is 4. The number of hydrogen-bond donors (Lipinski definition) is 2. The van der Waals surface area contributed by atoms with E-state index in [1.165, 1.54) is 0 Å². The molecule has 3 N–H and O–H groups in total. The third-order valence-corrected chi connectivity index (χ3v) is 3.30. The highest BCUT2D eigenvalue weighted by Crippen LogP contribution is 2.39. The van der Waals surface area contributed by atoms with Gasteiger partial charge in [-0.3, -0.25) is 4.79 Å². The Balaban J connectivity index is 2.06. The van der Waals surface area contributed by atoms with Crippen molar-refractivity contribution in [1.29, 1.82) is 0 Å². The van der Waals surface area contributed by atoms with Crippen LogP contribution in [0.4, 0.5) is 0 Å². The largest absolute Gasteiger partial charge is 0.440 e. The topological polar surface area (TPSA) is 68.3 Å². The highest BCUT2D eigenvalue weighted by atomic mass is 35.5. The van der Waals surface area contributed by atoms with Gasteiger partial charge in [0, 0.05) is 6.54 Å². The SMILES string of the molecule is CC(CN)(NC(=O)c1ccc(Cl)o1)C1CC1. The molecule has 4 nitrogen and oxygen atoms in total. The lowest BCUT2D eigenvalue weighted by Gasteiger charge is -2.28. The summed E-state index contributed by atoms with van der Waals surface area (Å²) in [6, 6.07) is 3.11. The highest BCUT2D eigenvalue weighted by Gasteiger charge is 2.41. The van der Waals surface area contributed by atoms with Crippen LogP contribution < -0.4 is 11.1 Å². The summed E-state index contributed by atoms with van der Waals surface area (Å²) in [6.07, 6.45) is 2.24. The second kappa shape index (κ2) is 4.11. The lowest BCUT2D eigenvalue weighted by molar-refractivity contribution is 0.0869. The van der Waals surface area contributed by atoms with Gasteiger partial charge in [0.2, 0.25) is 0 Å². The van der Waals surface area contributed by atoms with Crippen LogP contribution in [-0.4, -0.2) is 18.0 Å².